The molecule has 1 amide bonds. The fourth-order valence-electron chi connectivity index (χ4n) is 2.46. The predicted octanol–water partition coefficient (Wildman–Crippen LogP) is 2.94. The van der Waals surface area contributed by atoms with Gasteiger partial charge in [0, 0.05) is 6.07 Å². The van der Waals surface area contributed by atoms with Gasteiger partial charge in [0.15, 0.2) is 0 Å². The average Bonchev–Trinajstić information content (AvgIpc) is 2.55. The largest absolute Gasteiger partial charge is 0.497 e. The maximum absolute atomic E-state index is 12.3. The van der Waals surface area contributed by atoms with E-state index < -0.39 is 15.9 Å². The molecule has 2 aromatic rings. The molecular formula is C19H23NO4S. The first-order valence-corrected chi connectivity index (χ1v) is 9.56. The van der Waals surface area contributed by atoms with Crippen LogP contribution in [0.2, 0.25) is 0 Å². The second-order valence-corrected chi connectivity index (χ2v) is 7.98. The maximum atomic E-state index is 12.3. The lowest BCUT2D eigenvalue weighted by atomic mass is 10.0. The molecule has 0 atom stereocenters. The van der Waals surface area contributed by atoms with E-state index >= 15 is 0 Å². The quantitative estimate of drug-likeness (QED) is 0.823. The van der Waals surface area contributed by atoms with Crippen molar-refractivity contribution in [1.82, 2.24) is 4.72 Å². The van der Waals surface area contributed by atoms with Gasteiger partial charge in [0.05, 0.1) is 18.4 Å². The molecule has 0 fully saturated rings. The van der Waals surface area contributed by atoms with E-state index in [9.17, 15) is 13.2 Å². The Labute approximate surface area is 149 Å². The summed E-state index contributed by atoms with van der Waals surface area (Å²) in [6, 6.07) is 13.6. The summed E-state index contributed by atoms with van der Waals surface area (Å²) < 4.78 is 31.7. The van der Waals surface area contributed by atoms with Gasteiger partial charge in [0.2, 0.25) is 5.91 Å². The molecule has 0 aliphatic carbocycles. The minimum absolute atomic E-state index is 0.00512. The maximum Gasteiger partial charge on any atom is 0.264 e. The molecule has 0 bridgehead atoms. The van der Waals surface area contributed by atoms with Gasteiger partial charge in [-0.2, -0.15) is 0 Å². The number of benzene rings is 2. The Hall–Kier alpha value is -2.34. The van der Waals surface area contributed by atoms with Crippen molar-refractivity contribution in [2.75, 3.05) is 7.11 Å². The van der Waals surface area contributed by atoms with E-state index in [1.54, 1.807) is 12.1 Å². The van der Waals surface area contributed by atoms with E-state index in [-0.39, 0.29) is 11.3 Å². The third-order valence-corrected chi connectivity index (χ3v) is 5.00. The van der Waals surface area contributed by atoms with E-state index in [0.29, 0.717) is 11.7 Å². The molecule has 134 valence electrons. The number of nitrogens with one attached hydrogen (secondary N) is 1. The molecular weight excluding hydrogens is 338 g/mol. The van der Waals surface area contributed by atoms with Crippen LogP contribution in [0.5, 0.6) is 5.75 Å². The number of sulfonamides is 1. The van der Waals surface area contributed by atoms with Crippen molar-refractivity contribution in [2.24, 2.45) is 5.92 Å². The zero-order valence-electron chi connectivity index (χ0n) is 14.7. The average molecular weight is 361 g/mol. The number of rotatable bonds is 7. The summed E-state index contributed by atoms with van der Waals surface area (Å²) in [7, 11) is -2.46. The number of methoxy groups -OCH3 is 1. The minimum atomic E-state index is -3.92. The zero-order chi connectivity index (χ0) is 18.4. The molecule has 0 unspecified atom stereocenters. The molecule has 0 spiro atoms. The highest BCUT2D eigenvalue weighted by molar-refractivity contribution is 7.90. The lowest BCUT2D eigenvalue weighted by Crippen LogP contribution is -2.31. The van der Waals surface area contributed by atoms with Crippen molar-refractivity contribution >= 4 is 15.9 Å². The molecule has 0 aliphatic rings. The number of ether oxygens (including phenoxy) is 1. The Morgan fingerprint density at radius 3 is 2.32 bits per heavy atom. The van der Waals surface area contributed by atoms with Gasteiger partial charge >= 0.3 is 0 Å². The highest BCUT2D eigenvalue weighted by atomic mass is 32.2. The van der Waals surface area contributed by atoms with Crippen molar-refractivity contribution in [3.05, 3.63) is 59.7 Å². The highest BCUT2D eigenvalue weighted by Crippen LogP contribution is 2.17. The van der Waals surface area contributed by atoms with Crippen molar-refractivity contribution in [2.45, 2.75) is 31.6 Å². The van der Waals surface area contributed by atoms with Gasteiger partial charge in [-0.1, -0.05) is 44.2 Å². The lowest BCUT2D eigenvalue weighted by Gasteiger charge is -2.09. The SMILES string of the molecule is COc1cccc(S(=O)(=O)NC(=O)Cc2ccc(CC(C)C)cc2)c1. The number of carbonyl (C=O) groups excluding carboxylic acids is 1. The number of hydrogen-bond acceptors (Lipinski definition) is 4. The Morgan fingerprint density at radius 1 is 1.08 bits per heavy atom. The molecule has 2 rings (SSSR count). The van der Waals surface area contributed by atoms with E-state index in [1.165, 1.54) is 24.8 Å². The molecule has 0 aliphatic heterocycles. The van der Waals surface area contributed by atoms with Crippen LogP contribution in [0.15, 0.2) is 53.4 Å². The molecule has 0 saturated heterocycles. The van der Waals surface area contributed by atoms with Gasteiger partial charge in [0.25, 0.3) is 10.0 Å². The Balaban J connectivity index is 2.03. The summed E-state index contributed by atoms with van der Waals surface area (Å²) in [6.07, 6.45) is 0.974. The first-order valence-electron chi connectivity index (χ1n) is 8.07. The van der Waals surface area contributed by atoms with E-state index in [2.05, 4.69) is 18.6 Å². The molecule has 5 nitrogen and oxygen atoms in total. The van der Waals surface area contributed by atoms with E-state index in [4.69, 9.17) is 4.74 Å². The summed E-state index contributed by atoms with van der Waals surface area (Å²) in [5.41, 5.74) is 1.97. The van der Waals surface area contributed by atoms with Crippen molar-refractivity contribution < 1.29 is 17.9 Å². The molecule has 2 aromatic carbocycles. The van der Waals surface area contributed by atoms with Crippen LogP contribution in [0, 0.1) is 5.92 Å². The molecule has 0 heterocycles. The van der Waals surface area contributed by atoms with Crippen LogP contribution in [0.25, 0.3) is 0 Å². The Morgan fingerprint density at radius 2 is 1.72 bits per heavy atom. The van der Waals surface area contributed by atoms with Gasteiger partial charge in [-0.25, -0.2) is 13.1 Å². The standard InChI is InChI=1S/C19H23NO4S/c1-14(2)11-15-7-9-16(10-8-15)12-19(21)20-25(22,23)18-6-4-5-17(13-18)24-3/h4-10,13-14H,11-12H2,1-3H3,(H,20,21). The van der Waals surface area contributed by atoms with Crippen molar-refractivity contribution in [3.63, 3.8) is 0 Å². The number of carbonyl (C=O) groups is 1. The molecule has 0 aromatic heterocycles. The van der Waals surface area contributed by atoms with E-state index in [1.807, 2.05) is 24.3 Å². The first kappa shape index (κ1) is 19.0. The lowest BCUT2D eigenvalue weighted by molar-refractivity contribution is -0.118. The number of hydrogen-bond donors (Lipinski definition) is 1. The van der Waals surface area contributed by atoms with Gasteiger partial charge in [-0.3, -0.25) is 4.79 Å². The molecule has 1 N–H and O–H groups in total. The van der Waals surface area contributed by atoms with Gasteiger partial charge in [-0.05, 0) is 35.6 Å². The normalized spacial score (nSPS) is 11.4. The zero-order valence-corrected chi connectivity index (χ0v) is 15.5. The van der Waals surface area contributed by atoms with Crippen LogP contribution in [0.3, 0.4) is 0 Å². The third-order valence-electron chi connectivity index (χ3n) is 3.63. The molecule has 0 saturated carbocycles. The van der Waals surface area contributed by atoms with Gasteiger partial charge in [0.1, 0.15) is 5.75 Å². The highest BCUT2D eigenvalue weighted by Gasteiger charge is 2.18. The molecule has 0 radical (unpaired) electrons. The van der Waals surface area contributed by atoms with Crippen LogP contribution in [-0.2, 0) is 27.7 Å². The fraction of sp³-hybridized carbons (Fsp3) is 0.316. The summed E-state index contributed by atoms with van der Waals surface area (Å²) in [5, 5.41) is 0. The van der Waals surface area contributed by atoms with Crippen LogP contribution in [0.4, 0.5) is 0 Å². The third kappa shape index (κ3) is 5.60. The Kier molecular flexibility index (Phi) is 6.20. The molecule has 25 heavy (non-hydrogen) atoms. The van der Waals surface area contributed by atoms with Crippen molar-refractivity contribution in [1.29, 1.82) is 0 Å². The van der Waals surface area contributed by atoms with E-state index in [0.717, 1.165) is 12.0 Å². The second kappa shape index (κ2) is 8.16. The topological polar surface area (TPSA) is 72.5 Å². The second-order valence-electron chi connectivity index (χ2n) is 6.30. The summed E-state index contributed by atoms with van der Waals surface area (Å²) >= 11 is 0. The van der Waals surface area contributed by atoms with Crippen molar-refractivity contribution in [3.8, 4) is 5.75 Å². The van der Waals surface area contributed by atoms with Crippen LogP contribution in [0.1, 0.15) is 25.0 Å². The first-order chi connectivity index (χ1) is 11.8. The van der Waals surface area contributed by atoms with Crippen LogP contribution < -0.4 is 9.46 Å². The minimum Gasteiger partial charge on any atom is -0.497 e. The molecule has 6 heteroatoms. The Bertz CT molecular complexity index is 827. The van der Waals surface area contributed by atoms with Gasteiger partial charge in [-0.15, -0.1) is 0 Å². The predicted molar refractivity (Wildman–Crippen MR) is 97.0 cm³/mol. The smallest absolute Gasteiger partial charge is 0.264 e. The van der Waals surface area contributed by atoms with Crippen LogP contribution >= 0.6 is 0 Å². The summed E-state index contributed by atoms with van der Waals surface area (Å²) in [4.78, 5) is 12.1. The fourth-order valence-corrected chi connectivity index (χ4v) is 3.48. The summed E-state index contributed by atoms with van der Waals surface area (Å²) in [5.74, 6) is 0.401. The number of amides is 1. The summed E-state index contributed by atoms with van der Waals surface area (Å²) in [6.45, 7) is 4.29. The van der Waals surface area contributed by atoms with Gasteiger partial charge < -0.3 is 4.74 Å². The van der Waals surface area contributed by atoms with Crippen LogP contribution in [-0.4, -0.2) is 21.4 Å². The monoisotopic (exact) mass is 361 g/mol.